The number of nitrogens with zero attached hydrogens (tertiary/aromatic N) is 1. The standard InChI is InChI=1S/C10H14FN3O/c1-3-6(2)14-10(15)7-4-5-13-9(12)8(7)11/h4-6H,3H2,1-2H3,(H2,12,13)(H,14,15). The summed E-state index contributed by atoms with van der Waals surface area (Å²) in [6.07, 6.45) is 2.10. The fourth-order valence-corrected chi connectivity index (χ4v) is 1.04. The average Bonchev–Trinajstić information content (AvgIpc) is 2.21. The van der Waals surface area contributed by atoms with Crippen molar-refractivity contribution >= 4 is 11.7 Å². The summed E-state index contributed by atoms with van der Waals surface area (Å²) in [6, 6.07) is 1.31. The molecule has 0 saturated carbocycles. The molecular formula is C10H14FN3O. The van der Waals surface area contributed by atoms with Crippen LogP contribution in [0, 0.1) is 5.82 Å². The first kappa shape index (κ1) is 11.4. The van der Waals surface area contributed by atoms with E-state index < -0.39 is 11.7 Å². The van der Waals surface area contributed by atoms with Crippen molar-refractivity contribution in [3.63, 3.8) is 0 Å². The molecule has 1 heterocycles. The number of rotatable bonds is 3. The molecule has 82 valence electrons. The van der Waals surface area contributed by atoms with Gasteiger partial charge in [-0.05, 0) is 19.4 Å². The lowest BCUT2D eigenvalue weighted by Gasteiger charge is -2.11. The second-order valence-electron chi connectivity index (χ2n) is 3.34. The van der Waals surface area contributed by atoms with E-state index in [-0.39, 0.29) is 17.4 Å². The van der Waals surface area contributed by atoms with Gasteiger partial charge in [-0.3, -0.25) is 4.79 Å². The molecule has 0 aromatic carbocycles. The number of nitrogens with one attached hydrogen (secondary N) is 1. The Hall–Kier alpha value is -1.65. The molecule has 1 aromatic rings. The van der Waals surface area contributed by atoms with Gasteiger partial charge in [0.1, 0.15) is 0 Å². The van der Waals surface area contributed by atoms with Crippen molar-refractivity contribution in [3.05, 3.63) is 23.6 Å². The van der Waals surface area contributed by atoms with Gasteiger partial charge in [0.25, 0.3) is 5.91 Å². The maximum absolute atomic E-state index is 13.4. The molecule has 5 heteroatoms. The third-order valence-electron chi connectivity index (χ3n) is 2.15. The van der Waals surface area contributed by atoms with Crippen LogP contribution in [0.5, 0.6) is 0 Å². The van der Waals surface area contributed by atoms with E-state index in [1.807, 2.05) is 13.8 Å². The van der Waals surface area contributed by atoms with Gasteiger partial charge in [0, 0.05) is 12.2 Å². The first-order valence-electron chi connectivity index (χ1n) is 4.77. The van der Waals surface area contributed by atoms with E-state index in [0.29, 0.717) is 0 Å². The third-order valence-corrected chi connectivity index (χ3v) is 2.15. The highest BCUT2D eigenvalue weighted by Gasteiger charge is 2.15. The Bertz CT molecular complexity index is 368. The first-order valence-corrected chi connectivity index (χ1v) is 4.77. The molecule has 0 spiro atoms. The third kappa shape index (κ3) is 2.65. The first-order chi connectivity index (χ1) is 7.06. The lowest BCUT2D eigenvalue weighted by molar-refractivity contribution is 0.0935. The number of anilines is 1. The van der Waals surface area contributed by atoms with Crippen LogP contribution >= 0.6 is 0 Å². The normalized spacial score (nSPS) is 12.2. The van der Waals surface area contributed by atoms with Gasteiger partial charge in [0.15, 0.2) is 11.6 Å². The van der Waals surface area contributed by atoms with Crippen molar-refractivity contribution in [3.8, 4) is 0 Å². The highest BCUT2D eigenvalue weighted by Crippen LogP contribution is 2.11. The van der Waals surface area contributed by atoms with Crippen LogP contribution in [-0.2, 0) is 0 Å². The molecule has 0 aliphatic heterocycles. The summed E-state index contributed by atoms with van der Waals surface area (Å²) < 4.78 is 13.4. The minimum absolute atomic E-state index is 0.00582. The molecule has 15 heavy (non-hydrogen) atoms. The molecule has 3 N–H and O–H groups in total. The van der Waals surface area contributed by atoms with E-state index >= 15 is 0 Å². The zero-order valence-electron chi connectivity index (χ0n) is 8.75. The molecule has 1 rings (SSSR count). The van der Waals surface area contributed by atoms with Crippen LogP contribution in [0.1, 0.15) is 30.6 Å². The number of carbonyl (C=O) groups excluding carboxylic acids is 1. The molecule has 1 unspecified atom stereocenters. The van der Waals surface area contributed by atoms with Crippen LogP contribution in [-0.4, -0.2) is 16.9 Å². The van der Waals surface area contributed by atoms with Gasteiger partial charge in [0.05, 0.1) is 5.56 Å². The van der Waals surface area contributed by atoms with Gasteiger partial charge in [-0.15, -0.1) is 0 Å². The summed E-state index contributed by atoms with van der Waals surface area (Å²) in [4.78, 5) is 15.1. The molecule has 4 nitrogen and oxygen atoms in total. The van der Waals surface area contributed by atoms with Crippen LogP contribution in [0.3, 0.4) is 0 Å². The number of halogens is 1. The summed E-state index contributed by atoms with van der Waals surface area (Å²) in [6.45, 7) is 3.78. The molecule has 0 radical (unpaired) electrons. The Morgan fingerprint density at radius 1 is 1.73 bits per heavy atom. The predicted molar refractivity (Wildman–Crippen MR) is 55.8 cm³/mol. The molecule has 1 atom stereocenters. The molecule has 0 bridgehead atoms. The largest absolute Gasteiger partial charge is 0.381 e. The molecule has 0 saturated heterocycles. The summed E-state index contributed by atoms with van der Waals surface area (Å²) >= 11 is 0. The van der Waals surface area contributed by atoms with Gasteiger partial charge < -0.3 is 11.1 Å². The number of hydrogen-bond acceptors (Lipinski definition) is 3. The van der Waals surface area contributed by atoms with Gasteiger partial charge >= 0.3 is 0 Å². The Labute approximate surface area is 87.7 Å². The Morgan fingerprint density at radius 3 is 3.00 bits per heavy atom. The summed E-state index contributed by atoms with van der Waals surface area (Å²) in [5.74, 6) is -1.49. The predicted octanol–water partition coefficient (Wildman–Crippen LogP) is 1.33. The smallest absolute Gasteiger partial charge is 0.254 e. The summed E-state index contributed by atoms with van der Waals surface area (Å²) in [7, 11) is 0. The fourth-order valence-electron chi connectivity index (χ4n) is 1.04. The van der Waals surface area contributed by atoms with E-state index in [2.05, 4.69) is 10.3 Å². The van der Waals surface area contributed by atoms with Crippen LogP contribution in [0.25, 0.3) is 0 Å². The Balaban J connectivity index is 2.87. The lowest BCUT2D eigenvalue weighted by atomic mass is 10.2. The van der Waals surface area contributed by atoms with Crippen molar-refractivity contribution in [1.82, 2.24) is 10.3 Å². The summed E-state index contributed by atoms with van der Waals surface area (Å²) in [5, 5.41) is 2.65. The minimum atomic E-state index is -0.765. The molecular weight excluding hydrogens is 197 g/mol. The monoisotopic (exact) mass is 211 g/mol. The number of pyridine rings is 1. The number of amides is 1. The van der Waals surface area contributed by atoms with E-state index in [1.54, 1.807) is 0 Å². The van der Waals surface area contributed by atoms with Crippen molar-refractivity contribution in [1.29, 1.82) is 0 Å². The van der Waals surface area contributed by atoms with E-state index in [1.165, 1.54) is 12.3 Å². The van der Waals surface area contributed by atoms with Crippen molar-refractivity contribution in [2.45, 2.75) is 26.3 Å². The highest BCUT2D eigenvalue weighted by molar-refractivity contribution is 5.95. The number of carbonyl (C=O) groups is 1. The van der Waals surface area contributed by atoms with Gasteiger partial charge in [-0.1, -0.05) is 6.92 Å². The number of hydrogen-bond donors (Lipinski definition) is 2. The van der Waals surface area contributed by atoms with Crippen molar-refractivity contribution < 1.29 is 9.18 Å². The average molecular weight is 211 g/mol. The Kier molecular flexibility index (Phi) is 3.60. The zero-order valence-corrected chi connectivity index (χ0v) is 8.75. The van der Waals surface area contributed by atoms with Crippen LogP contribution < -0.4 is 11.1 Å². The van der Waals surface area contributed by atoms with Crippen molar-refractivity contribution in [2.24, 2.45) is 0 Å². The molecule has 0 fully saturated rings. The SMILES string of the molecule is CCC(C)NC(=O)c1ccnc(N)c1F. The minimum Gasteiger partial charge on any atom is -0.381 e. The second kappa shape index (κ2) is 4.72. The van der Waals surface area contributed by atoms with Crippen LogP contribution in [0.2, 0.25) is 0 Å². The van der Waals surface area contributed by atoms with E-state index in [0.717, 1.165) is 6.42 Å². The maximum Gasteiger partial charge on any atom is 0.254 e. The molecule has 0 aliphatic carbocycles. The number of nitrogen functional groups attached to an aromatic ring is 1. The van der Waals surface area contributed by atoms with Crippen LogP contribution in [0.15, 0.2) is 12.3 Å². The number of nitrogens with two attached hydrogens (primary N) is 1. The van der Waals surface area contributed by atoms with Gasteiger partial charge in [-0.2, -0.15) is 0 Å². The highest BCUT2D eigenvalue weighted by atomic mass is 19.1. The molecule has 1 aromatic heterocycles. The maximum atomic E-state index is 13.4. The molecule has 1 amide bonds. The van der Waals surface area contributed by atoms with Gasteiger partial charge in [-0.25, -0.2) is 9.37 Å². The number of aromatic nitrogens is 1. The van der Waals surface area contributed by atoms with Gasteiger partial charge in [0.2, 0.25) is 0 Å². The summed E-state index contributed by atoms with van der Waals surface area (Å²) in [5.41, 5.74) is 5.19. The Morgan fingerprint density at radius 2 is 2.40 bits per heavy atom. The van der Waals surface area contributed by atoms with Crippen molar-refractivity contribution in [2.75, 3.05) is 5.73 Å². The second-order valence-corrected chi connectivity index (χ2v) is 3.34. The van der Waals surface area contributed by atoms with E-state index in [4.69, 9.17) is 5.73 Å². The zero-order chi connectivity index (χ0) is 11.4. The topological polar surface area (TPSA) is 68.0 Å². The van der Waals surface area contributed by atoms with Crippen LogP contribution in [0.4, 0.5) is 10.2 Å². The fraction of sp³-hybridized carbons (Fsp3) is 0.400. The lowest BCUT2D eigenvalue weighted by Crippen LogP contribution is -2.32. The quantitative estimate of drug-likeness (QED) is 0.792. The van der Waals surface area contributed by atoms with E-state index in [9.17, 15) is 9.18 Å². The molecule has 0 aliphatic rings.